The number of carbonyl (C=O) groups excluding carboxylic acids is 1. The minimum atomic E-state index is -0.536. The van der Waals surface area contributed by atoms with Gasteiger partial charge in [0.1, 0.15) is 12.4 Å². The number of benzene rings is 1. The number of amides is 1. The van der Waals surface area contributed by atoms with Crippen molar-refractivity contribution in [1.82, 2.24) is 30.0 Å². The van der Waals surface area contributed by atoms with Gasteiger partial charge >= 0.3 is 0 Å². The average Bonchev–Trinajstić information content (AvgIpc) is 3.24. The molecule has 1 amide bonds. The molecular weight excluding hydrogens is 318 g/mol. The standard InChI is InChI=1S/C17H21N7O/c1-3-9-23-11-15(13(2)20-23)19-17(25)16(24-12-18-21-22-24)10-14-7-5-4-6-8-14/h4-8,11-12,16H,3,9-10H2,1-2H3,(H,19,25)/t16-/m0/s1. The minimum absolute atomic E-state index is 0.171. The van der Waals surface area contributed by atoms with E-state index in [1.165, 1.54) is 11.0 Å². The Morgan fingerprint density at radius 2 is 2.08 bits per heavy atom. The van der Waals surface area contributed by atoms with Crippen LogP contribution in [0.25, 0.3) is 0 Å². The summed E-state index contributed by atoms with van der Waals surface area (Å²) >= 11 is 0. The summed E-state index contributed by atoms with van der Waals surface area (Å²) in [6.07, 6.45) is 4.80. The molecule has 2 aromatic heterocycles. The number of nitrogens with one attached hydrogen (secondary N) is 1. The highest BCUT2D eigenvalue weighted by Gasteiger charge is 2.23. The highest BCUT2D eigenvalue weighted by atomic mass is 16.2. The van der Waals surface area contributed by atoms with E-state index in [1.54, 1.807) is 0 Å². The zero-order chi connectivity index (χ0) is 17.6. The van der Waals surface area contributed by atoms with Crippen molar-refractivity contribution < 1.29 is 4.79 Å². The fourth-order valence-corrected chi connectivity index (χ4v) is 2.66. The van der Waals surface area contributed by atoms with Crippen LogP contribution in [0.3, 0.4) is 0 Å². The maximum absolute atomic E-state index is 12.9. The molecule has 0 aliphatic carbocycles. The monoisotopic (exact) mass is 339 g/mol. The summed E-state index contributed by atoms with van der Waals surface area (Å²) in [5.41, 5.74) is 2.54. The largest absolute Gasteiger partial charge is 0.321 e. The topological polar surface area (TPSA) is 90.5 Å². The third-order valence-electron chi connectivity index (χ3n) is 3.92. The van der Waals surface area contributed by atoms with E-state index in [9.17, 15) is 4.79 Å². The van der Waals surface area contributed by atoms with Crippen molar-refractivity contribution in [1.29, 1.82) is 0 Å². The fraction of sp³-hybridized carbons (Fsp3) is 0.353. The molecule has 1 atom stereocenters. The average molecular weight is 339 g/mol. The van der Waals surface area contributed by atoms with Crippen LogP contribution in [0.5, 0.6) is 0 Å². The van der Waals surface area contributed by atoms with Crippen LogP contribution in [-0.2, 0) is 17.8 Å². The molecule has 3 aromatic rings. The molecule has 0 saturated carbocycles. The third kappa shape index (κ3) is 4.09. The number of anilines is 1. The molecule has 0 bridgehead atoms. The molecular formula is C17H21N7O. The van der Waals surface area contributed by atoms with Crippen LogP contribution in [0.1, 0.15) is 30.6 Å². The van der Waals surface area contributed by atoms with Gasteiger partial charge in [-0.15, -0.1) is 5.10 Å². The molecule has 8 heteroatoms. The summed E-state index contributed by atoms with van der Waals surface area (Å²) in [5.74, 6) is -0.171. The molecule has 8 nitrogen and oxygen atoms in total. The zero-order valence-corrected chi connectivity index (χ0v) is 14.3. The molecule has 3 rings (SSSR count). The Morgan fingerprint density at radius 1 is 1.28 bits per heavy atom. The first-order valence-electron chi connectivity index (χ1n) is 8.28. The predicted molar refractivity (Wildman–Crippen MR) is 92.9 cm³/mol. The van der Waals surface area contributed by atoms with E-state index >= 15 is 0 Å². The Labute approximate surface area is 145 Å². The first-order chi connectivity index (χ1) is 12.2. The number of hydrogen-bond acceptors (Lipinski definition) is 5. The molecule has 130 valence electrons. The van der Waals surface area contributed by atoms with E-state index in [-0.39, 0.29) is 5.91 Å². The first kappa shape index (κ1) is 16.8. The van der Waals surface area contributed by atoms with Gasteiger partial charge in [-0.2, -0.15) is 5.10 Å². The van der Waals surface area contributed by atoms with Crippen LogP contribution in [0.4, 0.5) is 5.69 Å². The number of tetrazole rings is 1. The second-order valence-corrected chi connectivity index (χ2v) is 5.88. The second kappa shape index (κ2) is 7.69. The van der Waals surface area contributed by atoms with Crippen molar-refractivity contribution in [3.8, 4) is 0 Å². The van der Waals surface area contributed by atoms with Gasteiger partial charge in [-0.3, -0.25) is 9.48 Å². The Hall–Kier alpha value is -3.03. The van der Waals surface area contributed by atoms with Crippen LogP contribution in [0.2, 0.25) is 0 Å². The Balaban J connectivity index is 1.80. The normalized spacial score (nSPS) is 12.1. The van der Waals surface area contributed by atoms with Crippen molar-refractivity contribution in [2.24, 2.45) is 0 Å². The highest BCUT2D eigenvalue weighted by Crippen LogP contribution is 2.18. The minimum Gasteiger partial charge on any atom is -0.321 e. The molecule has 0 aliphatic heterocycles. The van der Waals surface area contributed by atoms with Crippen LogP contribution in [-0.4, -0.2) is 35.9 Å². The Kier molecular flexibility index (Phi) is 5.17. The highest BCUT2D eigenvalue weighted by molar-refractivity contribution is 5.94. The van der Waals surface area contributed by atoms with Gasteiger partial charge in [0.05, 0.1) is 11.4 Å². The van der Waals surface area contributed by atoms with E-state index in [4.69, 9.17) is 0 Å². The second-order valence-electron chi connectivity index (χ2n) is 5.88. The molecule has 0 spiro atoms. The van der Waals surface area contributed by atoms with Crippen molar-refractivity contribution in [2.75, 3.05) is 5.32 Å². The lowest BCUT2D eigenvalue weighted by atomic mass is 10.1. The van der Waals surface area contributed by atoms with Crippen molar-refractivity contribution in [3.05, 3.63) is 54.1 Å². The number of nitrogens with zero attached hydrogens (tertiary/aromatic N) is 6. The summed E-state index contributed by atoms with van der Waals surface area (Å²) in [5, 5.41) is 18.6. The van der Waals surface area contributed by atoms with Crippen molar-refractivity contribution in [2.45, 2.75) is 39.3 Å². The lowest BCUT2D eigenvalue weighted by Crippen LogP contribution is -2.28. The zero-order valence-electron chi connectivity index (χ0n) is 14.3. The molecule has 1 N–H and O–H groups in total. The lowest BCUT2D eigenvalue weighted by Gasteiger charge is -2.16. The first-order valence-corrected chi connectivity index (χ1v) is 8.28. The summed E-state index contributed by atoms with van der Waals surface area (Å²) in [7, 11) is 0. The fourth-order valence-electron chi connectivity index (χ4n) is 2.66. The lowest BCUT2D eigenvalue weighted by molar-refractivity contribution is -0.119. The number of carbonyl (C=O) groups is 1. The SMILES string of the molecule is CCCn1cc(NC(=O)[C@H](Cc2ccccc2)n2cnnn2)c(C)n1. The van der Waals surface area contributed by atoms with Crippen molar-refractivity contribution in [3.63, 3.8) is 0 Å². The third-order valence-corrected chi connectivity index (χ3v) is 3.92. The summed E-state index contributed by atoms with van der Waals surface area (Å²) in [4.78, 5) is 12.9. The molecule has 0 unspecified atom stereocenters. The van der Waals surface area contributed by atoms with Gasteiger partial charge in [0.15, 0.2) is 0 Å². The van der Waals surface area contributed by atoms with E-state index < -0.39 is 6.04 Å². The Bertz CT molecular complexity index is 811. The van der Waals surface area contributed by atoms with Crippen LogP contribution >= 0.6 is 0 Å². The van der Waals surface area contributed by atoms with E-state index in [0.717, 1.165) is 24.2 Å². The van der Waals surface area contributed by atoms with Gasteiger partial charge in [-0.25, -0.2) is 4.68 Å². The molecule has 0 saturated heterocycles. The summed E-state index contributed by atoms with van der Waals surface area (Å²) < 4.78 is 3.32. The van der Waals surface area contributed by atoms with E-state index in [1.807, 2.05) is 48.1 Å². The van der Waals surface area contributed by atoms with Gasteiger partial charge in [-0.05, 0) is 29.3 Å². The number of rotatable bonds is 7. The van der Waals surface area contributed by atoms with Gasteiger partial charge in [0, 0.05) is 19.2 Å². The van der Waals surface area contributed by atoms with Crippen molar-refractivity contribution >= 4 is 11.6 Å². The smallest absolute Gasteiger partial charge is 0.249 e. The summed E-state index contributed by atoms with van der Waals surface area (Å²) in [6.45, 7) is 4.78. The number of aryl methyl sites for hydroxylation is 2. The summed E-state index contributed by atoms with van der Waals surface area (Å²) in [6, 6.07) is 9.27. The quantitative estimate of drug-likeness (QED) is 0.711. The van der Waals surface area contributed by atoms with E-state index in [0.29, 0.717) is 12.1 Å². The predicted octanol–water partition coefficient (Wildman–Crippen LogP) is 2.01. The van der Waals surface area contributed by atoms with Gasteiger partial charge in [0.2, 0.25) is 5.91 Å². The maximum atomic E-state index is 12.9. The molecule has 0 fully saturated rings. The molecule has 0 aliphatic rings. The molecule has 1 aromatic carbocycles. The van der Waals surface area contributed by atoms with Crippen LogP contribution in [0, 0.1) is 6.92 Å². The molecule has 25 heavy (non-hydrogen) atoms. The van der Waals surface area contributed by atoms with Gasteiger partial charge in [-0.1, -0.05) is 37.3 Å². The van der Waals surface area contributed by atoms with Gasteiger partial charge in [0.25, 0.3) is 0 Å². The Morgan fingerprint density at radius 3 is 2.76 bits per heavy atom. The van der Waals surface area contributed by atoms with Crippen LogP contribution < -0.4 is 5.32 Å². The van der Waals surface area contributed by atoms with E-state index in [2.05, 4.69) is 32.9 Å². The van der Waals surface area contributed by atoms with Gasteiger partial charge < -0.3 is 5.32 Å². The molecule has 2 heterocycles. The number of hydrogen-bond donors (Lipinski definition) is 1. The number of aromatic nitrogens is 6. The molecule has 0 radical (unpaired) electrons. The maximum Gasteiger partial charge on any atom is 0.249 e. The van der Waals surface area contributed by atoms with Crippen LogP contribution in [0.15, 0.2) is 42.9 Å².